The average Bonchev–Trinajstić information content (AvgIpc) is 2.12. The predicted molar refractivity (Wildman–Crippen MR) is 53.8 cm³/mol. The van der Waals surface area contributed by atoms with Crippen LogP contribution in [-0.4, -0.2) is 13.6 Å². The molecule has 3 heteroatoms. The van der Waals surface area contributed by atoms with Crippen LogP contribution in [0.5, 0.6) is 0 Å². The highest BCUT2D eigenvalue weighted by Gasteiger charge is 2.07. The van der Waals surface area contributed by atoms with Crippen molar-refractivity contribution in [3.8, 4) is 0 Å². The summed E-state index contributed by atoms with van der Waals surface area (Å²) in [6, 6.07) is 3.01. The van der Waals surface area contributed by atoms with Crippen LogP contribution in [0.2, 0.25) is 5.02 Å². The summed E-state index contributed by atoms with van der Waals surface area (Å²) in [5.41, 5.74) is 1.55. The summed E-state index contributed by atoms with van der Waals surface area (Å²) in [4.78, 5) is 0. The lowest BCUT2D eigenvalue weighted by molar-refractivity contribution is 0.603. The van der Waals surface area contributed by atoms with E-state index < -0.39 is 0 Å². The smallest absolute Gasteiger partial charge is 0.126 e. The molecule has 0 saturated carbocycles. The Kier molecular flexibility index (Phi) is 3.70. The molecule has 0 unspecified atom stereocenters. The molecule has 1 aromatic carbocycles. The van der Waals surface area contributed by atoms with Crippen molar-refractivity contribution in [3.05, 3.63) is 34.1 Å². The average molecular weight is 202 g/mol. The first-order valence-corrected chi connectivity index (χ1v) is 4.62. The van der Waals surface area contributed by atoms with Crippen molar-refractivity contribution in [2.45, 2.75) is 13.3 Å². The summed E-state index contributed by atoms with van der Waals surface area (Å²) in [5, 5.41) is 3.61. The molecule has 0 saturated heterocycles. The van der Waals surface area contributed by atoms with E-state index >= 15 is 0 Å². The van der Waals surface area contributed by atoms with E-state index in [1.54, 1.807) is 6.07 Å². The molecule has 0 atom stereocenters. The third-order valence-corrected chi connectivity index (χ3v) is 2.51. The molecule has 1 aromatic rings. The second-order valence-electron chi connectivity index (χ2n) is 2.99. The van der Waals surface area contributed by atoms with Crippen molar-refractivity contribution >= 4 is 11.6 Å². The second kappa shape index (κ2) is 4.58. The van der Waals surface area contributed by atoms with E-state index in [2.05, 4.69) is 5.32 Å². The molecule has 0 amide bonds. The van der Waals surface area contributed by atoms with Gasteiger partial charge in [-0.15, -0.1) is 0 Å². The van der Waals surface area contributed by atoms with E-state index in [1.165, 1.54) is 6.07 Å². The van der Waals surface area contributed by atoms with Crippen LogP contribution in [0, 0.1) is 12.7 Å². The highest BCUT2D eigenvalue weighted by atomic mass is 35.5. The maximum absolute atomic E-state index is 13.3. The Balaban J connectivity index is 2.96. The van der Waals surface area contributed by atoms with Gasteiger partial charge in [-0.05, 0) is 50.2 Å². The number of hydrogen-bond acceptors (Lipinski definition) is 1. The van der Waals surface area contributed by atoms with Gasteiger partial charge in [-0.1, -0.05) is 11.6 Å². The Morgan fingerprint density at radius 3 is 2.77 bits per heavy atom. The van der Waals surface area contributed by atoms with Crippen molar-refractivity contribution in [1.29, 1.82) is 0 Å². The zero-order valence-electron chi connectivity index (χ0n) is 7.82. The van der Waals surface area contributed by atoms with Crippen molar-refractivity contribution in [1.82, 2.24) is 5.32 Å². The van der Waals surface area contributed by atoms with E-state index in [1.807, 2.05) is 14.0 Å². The maximum Gasteiger partial charge on any atom is 0.126 e. The van der Waals surface area contributed by atoms with Gasteiger partial charge in [0.05, 0.1) is 0 Å². The summed E-state index contributed by atoms with van der Waals surface area (Å²) >= 11 is 5.88. The molecular weight excluding hydrogens is 189 g/mol. The summed E-state index contributed by atoms with van der Waals surface area (Å²) in [6.07, 6.45) is 0.675. The van der Waals surface area contributed by atoms with Gasteiger partial charge in [0, 0.05) is 5.02 Å². The van der Waals surface area contributed by atoms with Crippen LogP contribution in [-0.2, 0) is 6.42 Å². The zero-order valence-corrected chi connectivity index (χ0v) is 8.58. The quantitative estimate of drug-likeness (QED) is 0.793. The molecule has 0 aliphatic carbocycles. The van der Waals surface area contributed by atoms with E-state index in [4.69, 9.17) is 11.6 Å². The monoisotopic (exact) mass is 201 g/mol. The maximum atomic E-state index is 13.3. The van der Waals surface area contributed by atoms with Crippen molar-refractivity contribution in [3.63, 3.8) is 0 Å². The molecule has 0 aromatic heterocycles. The minimum atomic E-state index is -0.169. The van der Waals surface area contributed by atoms with Crippen LogP contribution in [0.4, 0.5) is 4.39 Å². The summed E-state index contributed by atoms with van der Waals surface area (Å²) in [6.45, 7) is 2.61. The number of likely N-dealkylation sites (N-methyl/N-ethyl adjacent to an activating group) is 1. The van der Waals surface area contributed by atoms with Crippen LogP contribution < -0.4 is 5.32 Å². The Hall–Kier alpha value is -0.600. The molecule has 72 valence electrons. The zero-order chi connectivity index (χ0) is 9.84. The largest absolute Gasteiger partial charge is 0.319 e. The van der Waals surface area contributed by atoms with Crippen molar-refractivity contribution < 1.29 is 4.39 Å². The molecule has 0 radical (unpaired) electrons. The van der Waals surface area contributed by atoms with Crippen LogP contribution in [0.1, 0.15) is 11.1 Å². The fraction of sp³-hybridized carbons (Fsp3) is 0.400. The molecule has 0 spiro atoms. The van der Waals surface area contributed by atoms with Gasteiger partial charge in [-0.25, -0.2) is 4.39 Å². The van der Waals surface area contributed by atoms with Gasteiger partial charge in [0.2, 0.25) is 0 Å². The molecule has 0 aliphatic rings. The second-order valence-corrected chi connectivity index (χ2v) is 3.39. The van der Waals surface area contributed by atoms with E-state index in [9.17, 15) is 4.39 Å². The summed E-state index contributed by atoms with van der Waals surface area (Å²) in [7, 11) is 1.85. The molecule has 13 heavy (non-hydrogen) atoms. The van der Waals surface area contributed by atoms with Crippen LogP contribution in [0.25, 0.3) is 0 Å². The summed E-state index contributed by atoms with van der Waals surface area (Å²) in [5.74, 6) is -0.169. The summed E-state index contributed by atoms with van der Waals surface area (Å²) < 4.78 is 13.3. The number of benzene rings is 1. The molecule has 0 heterocycles. The molecule has 0 fully saturated rings. The molecule has 0 aliphatic heterocycles. The number of hydrogen-bond donors (Lipinski definition) is 1. The van der Waals surface area contributed by atoms with Gasteiger partial charge < -0.3 is 5.32 Å². The van der Waals surface area contributed by atoms with Crippen LogP contribution in [0.3, 0.4) is 0 Å². The van der Waals surface area contributed by atoms with Gasteiger partial charge >= 0.3 is 0 Å². The minimum absolute atomic E-state index is 0.169. The van der Waals surface area contributed by atoms with Crippen LogP contribution in [0.15, 0.2) is 12.1 Å². The number of rotatable bonds is 3. The highest BCUT2D eigenvalue weighted by molar-refractivity contribution is 6.31. The van der Waals surface area contributed by atoms with Crippen molar-refractivity contribution in [2.75, 3.05) is 13.6 Å². The molecular formula is C10H13ClFN. The Morgan fingerprint density at radius 2 is 2.15 bits per heavy atom. The molecule has 1 N–H and O–H groups in total. The number of halogens is 2. The first-order chi connectivity index (χ1) is 6.16. The Bertz CT molecular complexity index is 299. The van der Waals surface area contributed by atoms with E-state index in [-0.39, 0.29) is 5.82 Å². The minimum Gasteiger partial charge on any atom is -0.319 e. The van der Waals surface area contributed by atoms with Gasteiger partial charge in [-0.2, -0.15) is 0 Å². The fourth-order valence-electron chi connectivity index (χ4n) is 1.25. The van der Waals surface area contributed by atoms with E-state index in [0.717, 1.165) is 12.1 Å². The van der Waals surface area contributed by atoms with Crippen LogP contribution >= 0.6 is 11.6 Å². The van der Waals surface area contributed by atoms with Gasteiger partial charge in [0.15, 0.2) is 0 Å². The Labute approximate surface area is 82.9 Å². The number of nitrogens with one attached hydrogen (secondary N) is 1. The van der Waals surface area contributed by atoms with Crippen molar-refractivity contribution in [2.24, 2.45) is 0 Å². The molecule has 1 nitrogen and oxygen atoms in total. The Morgan fingerprint density at radius 1 is 1.46 bits per heavy atom. The SMILES string of the molecule is CNCCc1c(F)ccc(Cl)c1C. The molecule has 1 rings (SSSR count). The van der Waals surface area contributed by atoms with E-state index in [0.29, 0.717) is 17.0 Å². The third-order valence-electron chi connectivity index (χ3n) is 2.10. The lowest BCUT2D eigenvalue weighted by Gasteiger charge is -2.08. The third kappa shape index (κ3) is 2.42. The highest BCUT2D eigenvalue weighted by Crippen LogP contribution is 2.21. The predicted octanol–water partition coefficient (Wildman–Crippen LogP) is 2.55. The fourth-order valence-corrected chi connectivity index (χ4v) is 1.43. The first-order valence-electron chi connectivity index (χ1n) is 4.25. The topological polar surface area (TPSA) is 12.0 Å². The van der Waals surface area contributed by atoms with Gasteiger partial charge in [0.25, 0.3) is 0 Å². The van der Waals surface area contributed by atoms with Gasteiger partial charge in [-0.3, -0.25) is 0 Å². The normalized spacial score (nSPS) is 10.5. The lowest BCUT2D eigenvalue weighted by Crippen LogP contribution is -2.12. The van der Waals surface area contributed by atoms with Gasteiger partial charge in [0.1, 0.15) is 5.82 Å². The lowest BCUT2D eigenvalue weighted by atomic mass is 10.1. The first kappa shape index (κ1) is 10.5. The standard InChI is InChI=1S/C10H13ClFN/c1-7-8(5-6-13-2)10(12)4-3-9(7)11/h3-4,13H,5-6H2,1-2H3. The molecule has 0 bridgehead atoms.